The van der Waals surface area contributed by atoms with E-state index in [1.165, 1.54) is 12.1 Å². The Hall–Kier alpha value is -1.61. The summed E-state index contributed by atoms with van der Waals surface area (Å²) in [6.07, 6.45) is 0. The van der Waals surface area contributed by atoms with Crippen molar-refractivity contribution >= 4 is 34.8 Å². The van der Waals surface area contributed by atoms with Gasteiger partial charge in [0.2, 0.25) is 0 Å². The van der Waals surface area contributed by atoms with E-state index in [1.807, 2.05) is 24.3 Å². The molecule has 0 aliphatic carbocycles. The lowest BCUT2D eigenvalue weighted by atomic mass is 10.2. The fourth-order valence-electron chi connectivity index (χ4n) is 1.90. The van der Waals surface area contributed by atoms with Crippen LogP contribution < -0.4 is 5.30 Å². The first-order valence-corrected chi connectivity index (χ1v) is 6.64. The van der Waals surface area contributed by atoms with Crippen LogP contribution in [0.2, 0.25) is 0 Å². The Kier molecular flexibility index (Phi) is 2.13. The molecule has 5 heteroatoms. The Bertz CT molecular complexity index is 753. The molecule has 0 atom stereocenters. The highest BCUT2D eigenvalue weighted by Gasteiger charge is 2.18. The van der Waals surface area contributed by atoms with Crippen LogP contribution in [0.1, 0.15) is 0 Å². The largest absolute Gasteiger partial charge is 0.456 e. The summed E-state index contributed by atoms with van der Waals surface area (Å²) < 4.78 is 16.7. The fourth-order valence-corrected chi connectivity index (χ4v) is 2.45. The van der Waals surface area contributed by atoms with Crippen molar-refractivity contribution < 1.29 is 18.8 Å². The van der Waals surface area contributed by atoms with Crippen LogP contribution in [0, 0.1) is 0 Å². The Morgan fingerprint density at radius 1 is 0.941 bits per heavy atom. The minimum absolute atomic E-state index is 0.0240. The van der Waals surface area contributed by atoms with Gasteiger partial charge in [0.05, 0.1) is 5.30 Å². The van der Waals surface area contributed by atoms with Crippen LogP contribution in [-0.4, -0.2) is 9.79 Å². The van der Waals surface area contributed by atoms with Gasteiger partial charge in [0, 0.05) is 10.8 Å². The molecular formula is C12H9O4P. The van der Waals surface area contributed by atoms with Crippen molar-refractivity contribution in [2.75, 3.05) is 0 Å². The molecule has 0 saturated heterocycles. The molecule has 86 valence electrons. The molecule has 0 fully saturated rings. The van der Waals surface area contributed by atoms with Crippen molar-refractivity contribution in [1.82, 2.24) is 0 Å². The number of fused-ring (bicyclic) bond motifs is 3. The van der Waals surface area contributed by atoms with Gasteiger partial charge in [0.1, 0.15) is 11.2 Å². The minimum Gasteiger partial charge on any atom is -0.456 e. The lowest BCUT2D eigenvalue weighted by molar-refractivity contribution is 0.387. The van der Waals surface area contributed by atoms with Crippen molar-refractivity contribution in [2.24, 2.45) is 0 Å². The molecule has 0 saturated carbocycles. The molecule has 0 unspecified atom stereocenters. The zero-order valence-corrected chi connectivity index (χ0v) is 9.59. The van der Waals surface area contributed by atoms with E-state index in [0.717, 1.165) is 10.8 Å². The highest BCUT2D eigenvalue weighted by atomic mass is 31.2. The van der Waals surface area contributed by atoms with Gasteiger partial charge >= 0.3 is 7.60 Å². The van der Waals surface area contributed by atoms with E-state index in [1.54, 1.807) is 6.07 Å². The quantitative estimate of drug-likeness (QED) is 0.648. The second kappa shape index (κ2) is 3.44. The number of hydrogen-bond donors (Lipinski definition) is 2. The van der Waals surface area contributed by atoms with Crippen LogP contribution in [-0.2, 0) is 4.57 Å². The third-order valence-electron chi connectivity index (χ3n) is 2.70. The second-order valence-electron chi connectivity index (χ2n) is 3.82. The van der Waals surface area contributed by atoms with Gasteiger partial charge in [0.25, 0.3) is 0 Å². The summed E-state index contributed by atoms with van der Waals surface area (Å²) in [5, 5.41) is 1.78. The maximum absolute atomic E-state index is 11.1. The molecule has 3 rings (SSSR count). The smallest absolute Gasteiger partial charge is 0.356 e. The summed E-state index contributed by atoms with van der Waals surface area (Å²) in [4.78, 5) is 18.2. The molecule has 0 aliphatic heterocycles. The zero-order chi connectivity index (χ0) is 12.0. The molecule has 0 radical (unpaired) electrons. The van der Waals surface area contributed by atoms with Crippen LogP contribution in [0.3, 0.4) is 0 Å². The molecule has 3 aromatic rings. The predicted octanol–water partition coefficient (Wildman–Crippen LogP) is 2.39. The molecule has 1 heterocycles. The minimum atomic E-state index is -4.23. The number of rotatable bonds is 1. The summed E-state index contributed by atoms with van der Waals surface area (Å²) >= 11 is 0. The summed E-state index contributed by atoms with van der Waals surface area (Å²) in [6, 6.07) is 12.0. The predicted molar refractivity (Wildman–Crippen MR) is 65.4 cm³/mol. The van der Waals surface area contributed by atoms with Crippen molar-refractivity contribution in [3.63, 3.8) is 0 Å². The van der Waals surface area contributed by atoms with Crippen LogP contribution in [0.15, 0.2) is 46.9 Å². The maximum Gasteiger partial charge on any atom is 0.356 e. The molecule has 0 bridgehead atoms. The number of furan rings is 1. The molecule has 0 amide bonds. The van der Waals surface area contributed by atoms with E-state index >= 15 is 0 Å². The van der Waals surface area contributed by atoms with Gasteiger partial charge in [-0.25, -0.2) is 0 Å². The normalized spacial score (nSPS) is 12.4. The van der Waals surface area contributed by atoms with Gasteiger partial charge in [-0.05, 0) is 24.3 Å². The van der Waals surface area contributed by atoms with E-state index in [9.17, 15) is 4.57 Å². The molecule has 0 aliphatic rings. The van der Waals surface area contributed by atoms with Crippen LogP contribution in [0.5, 0.6) is 0 Å². The molecule has 2 aromatic carbocycles. The average Bonchev–Trinajstić information content (AvgIpc) is 2.65. The first-order valence-electron chi connectivity index (χ1n) is 5.03. The average molecular weight is 248 g/mol. The zero-order valence-electron chi connectivity index (χ0n) is 8.70. The van der Waals surface area contributed by atoms with Gasteiger partial charge in [-0.2, -0.15) is 0 Å². The van der Waals surface area contributed by atoms with E-state index in [-0.39, 0.29) is 5.30 Å². The number of hydrogen-bond acceptors (Lipinski definition) is 2. The van der Waals surface area contributed by atoms with Crippen LogP contribution in [0.4, 0.5) is 0 Å². The Labute approximate surface area is 96.6 Å². The first kappa shape index (κ1) is 10.5. The molecule has 4 nitrogen and oxygen atoms in total. The Morgan fingerprint density at radius 3 is 2.41 bits per heavy atom. The van der Waals surface area contributed by atoms with Gasteiger partial charge in [-0.15, -0.1) is 0 Å². The summed E-state index contributed by atoms with van der Waals surface area (Å²) in [5.74, 6) is 0. The number of para-hydroxylation sites is 1. The molecule has 17 heavy (non-hydrogen) atoms. The van der Waals surface area contributed by atoms with E-state index in [2.05, 4.69) is 0 Å². The van der Waals surface area contributed by atoms with Crippen molar-refractivity contribution in [1.29, 1.82) is 0 Å². The Balaban J connectivity index is 2.38. The standard InChI is InChI=1S/C12H9O4P/c13-17(14,15)8-5-6-10-9-3-1-2-4-11(9)16-12(10)7-8/h1-7H,(H2,13,14,15). The summed E-state index contributed by atoms with van der Waals surface area (Å²) in [6.45, 7) is 0. The molecule has 2 N–H and O–H groups in total. The third kappa shape index (κ3) is 1.67. The molecular weight excluding hydrogens is 239 g/mol. The van der Waals surface area contributed by atoms with Crippen molar-refractivity contribution in [3.8, 4) is 0 Å². The topological polar surface area (TPSA) is 70.7 Å². The maximum atomic E-state index is 11.1. The highest BCUT2D eigenvalue weighted by Crippen LogP contribution is 2.36. The van der Waals surface area contributed by atoms with Gasteiger partial charge in [0.15, 0.2) is 0 Å². The van der Waals surface area contributed by atoms with E-state index in [4.69, 9.17) is 14.2 Å². The first-order chi connectivity index (χ1) is 8.05. The summed E-state index contributed by atoms with van der Waals surface area (Å²) in [7, 11) is -4.23. The number of benzene rings is 2. The second-order valence-corrected chi connectivity index (χ2v) is 5.43. The van der Waals surface area contributed by atoms with Crippen LogP contribution >= 0.6 is 7.60 Å². The molecule has 1 aromatic heterocycles. The van der Waals surface area contributed by atoms with E-state index < -0.39 is 7.60 Å². The van der Waals surface area contributed by atoms with Crippen molar-refractivity contribution in [2.45, 2.75) is 0 Å². The SMILES string of the molecule is O=P(O)(O)c1ccc2c(c1)oc1ccccc12. The van der Waals surface area contributed by atoms with Gasteiger partial charge < -0.3 is 14.2 Å². The third-order valence-corrected chi connectivity index (χ3v) is 3.65. The van der Waals surface area contributed by atoms with Crippen molar-refractivity contribution in [3.05, 3.63) is 42.5 Å². The monoisotopic (exact) mass is 248 g/mol. The van der Waals surface area contributed by atoms with Gasteiger partial charge in [-0.1, -0.05) is 18.2 Å². The lowest BCUT2D eigenvalue weighted by Crippen LogP contribution is -2.01. The van der Waals surface area contributed by atoms with E-state index in [0.29, 0.717) is 11.2 Å². The van der Waals surface area contributed by atoms with Crippen LogP contribution in [0.25, 0.3) is 21.9 Å². The molecule has 0 spiro atoms. The Morgan fingerprint density at radius 2 is 1.65 bits per heavy atom. The lowest BCUT2D eigenvalue weighted by Gasteiger charge is -2.02. The van der Waals surface area contributed by atoms with Gasteiger partial charge in [-0.3, -0.25) is 4.57 Å². The summed E-state index contributed by atoms with van der Waals surface area (Å²) in [5.41, 5.74) is 1.21. The fraction of sp³-hybridized carbons (Fsp3) is 0. The highest BCUT2D eigenvalue weighted by molar-refractivity contribution is 7.60.